The lowest BCUT2D eigenvalue weighted by Gasteiger charge is -2.40. The van der Waals surface area contributed by atoms with E-state index in [0.717, 1.165) is 0 Å². The van der Waals surface area contributed by atoms with Crippen LogP contribution >= 0.6 is 0 Å². The van der Waals surface area contributed by atoms with Crippen molar-refractivity contribution in [1.29, 1.82) is 0 Å². The third-order valence-corrected chi connectivity index (χ3v) is 3.48. The molecule has 3 unspecified atom stereocenters. The zero-order chi connectivity index (χ0) is 11.3. The minimum absolute atomic E-state index is 0.0369. The first-order valence-corrected chi connectivity index (χ1v) is 5.72. The van der Waals surface area contributed by atoms with Crippen molar-refractivity contribution in [1.82, 2.24) is 0 Å². The zero-order valence-corrected chi connectivity index (χ0v) is 9.86. The summed E-state index contributed by atoms with van der Waals surface area (Å²) >= 11 is 0. The van der Waals surface area contributed by atoms with Gasteiger partial charge in [-0.1, -0.05) is 17.7 Å². The van der Waals surface area contributed by atoms with Gasteiger partial charge in [-0.25, -0.2) is 0 Å². The SMILES string of the molecule is Cc1cc(C)c(C2OC3OC=CC32)c(C)c1. The van der Waals surface area contributed by atoms with Crippen LogP contribution in [0.3, 0.4) is 0 Å². The monoisotopic (exact) mass is 216 g/mol. The van der Waals surface area contributed by atoms with E-state index in [2.05, 4.69) is 39.0 Å². The van der Waals surface area contributed by atoms with Crippen LogP contribution < -0.4 is 0 Å². The summed E-state index contributed by atoms with van der Waals surface area (Å²) in [6, 6.07) is 4.44. The number of benzene rings is 1. The van der Waals surface area contributed by atoms with E-state index in [4.69, 9.17) is 9.47 Å². The van der Waals surface area contributed by atoms with Crippen molar-refractivity contribution in [3.8, 4) is 0 Å². The van der Waals surface area contributed by atoms with Crippen LogP contribution in [-0.4, -0.2) is 6.29 Å². The third-order valence-electron chi connectivity index (χ3n) is 3.48. The van der Waals surface area contributed by atoms with Crippen LogP contribution in [-0.2, 0) is 9.47 Å². The molecular formula is C14H16O2. The fourth-order valence-electron chi connectivity index (χ4n) is 2.81. The van der Waals surface area contributed by atoms with Crippen LogP contribution in [0, 0.1) is 26.7 Å². The summed E-state index contributed by atoms with van der Waals surface area (Å²) in [5, 5.41) is 0. The molecule has 0 spiro atoms. The Labute approximate surface area is 95.9 Å². The van der Waals surface area contributed by atoms with Gasteiger partial charge in [0.05, 0.1) is 18.3 Å². The highest BCUT2D eigenvalue weighted by molar-refractivity contribution is 5.41. The number of hydrogen-bond acceptors (Lipinski definition) is 2. The Hall–Kier alpha value is -1.28. The van der Waals surface area contributed by atoms with Gasteiger partial charge in [0.15, 0.2) is 0 Å². The first kappa shape index (κ1) is 9.91. The van der Waals surface area contributed by atoms with Crippen LogP contribution in [0.4, 0.5) is 0 Å². The fourth-order valence-corrected chi connectivity index (χ4v) is 2.81. The first-order chi connectivity index (χ1) is 7.66. The van der Waals surface area contributed by atoms with Gasteiger partial charge in [0.25, 0.3) is 0 Å². The molecule has 1 aromatic carbocycles. The quantitative estimate of drug-likeness (QED) is 0.718. The smallest absolute Gasteiger partial charge is 0.208 e. The second kappa shape index (κ2) is 3.36. The summed E-state index contributed by atoms with van der Waals surface area (Å²) in [5.74, 6) is 0.403. The number of ether oxygens (including phenoxy) is 2. The molecule has 0 saturated carbocycles. The Kier molecular flexibility index (Phi) is 2.08. The largest absolute Gasteiger partial charge is 0.472 e. The Bertz CT molecular complexity index is 439. The number of rotatable bonds is 1. The predicted octanol–water partition coefficient (Wildman–Crippen LogP) is 3.17. The van der Waals surface area contributed by atoms with Gasteiger partial charge in [0, 0.05) is 0 Å². The first-order valence-electron chi connectivity index (χ1n) is 5.72. The third kappa shape index (κ3) is 1.30. The second-order valence-corrected chi connectivity index (χ2v) is 4.78. The second-order valence-electron chi connectivity index (χ2n) is 4.78. The molecule has 1 saturated heterocycles. The molecule has 3 atom stereocenters. The molecule has 2 heteroatoms. The predicted molar refractivity (Wildman–Crippen MR) is 62.0 cm³/mol. The lowest BCUT2D eigenvalue weighted by Crippen LogP contribution is -2.40. The van der Waals surface area contributed by atoms with Gasteiger partial charge in [-0.2, -0.15) is 0 Å². The molecule has 2 heterocycles. The topological polar surface area (TPSA) is 18.5 Å². The Morgan fingerprint density at radius 3 is 2.38 bits per heavy atom. The van der Waals surface area contributed by atoms with Crippen molar-refractivity contribution in [3.05, 3.63) is 46.7 Å². The number of fused-ring (bicyclic) bond motifs is 1. The van der Waals surface area contributed by atoms with Crippen LogP contribution in [0.15, 0.2) is 24.5 Å². The van der Waals surface area contributed by atoms with Crippen molar-refractivity contribution in [2.45, 2.75) is 33.2 Å². The van der Waals surface area contributed by atoms with E-state index in [1.54, 1.807) is 6.26 Å². The van der Waals surface area contributed by atoms with E-state index in [1.807, 2.05) is 0 Å². The molecule has 84 valence electrons. The normalized spacial score (nSPS) is 30.8. The summed E-state index contributed by atoms with van der Waals surface area (Å²) in [7, 11) is 0. The lowest BCUT2D eigenvalue weighted by molar-refractivity contribution is -0.258. The Balaban J connectivity index is 1.98. The van der Waals surface area contributed by atoms with Crippen molar-refractivity contribution < 1.29 is 9.47 Å². The molecule has 1 fully saturated rings. The van der Waals surface area contributed by atoms with Gasteiger partial charge in [-0.05, 0) is 43.5 Å². The molecule has 16 heavy (non-hydrogen) atoms. The minimum atomic E-state index is -0.0369. The van der Waals surface area contributed by atoms with E-state index < -0.39 is 0 Å². The molecule has 0 radical (unpaired) electrons. The number of hydrogen-bond donors (Lipinski definition) is 0. The van der Waals surface area contributed by atoms with Crippen molar-refractivity contribution in [2.75, 3.05) is 0 Å². The van der Waals surface area contributed by atoms with Gasteiger partial charge in [0.2, 0.25) is 6.29 Å². The highest BCUT2D eigenvalue weighted by Gasteiger charge is 2.46. The summed E-state index contributed by atoms with van der Waals surface area (Å²) in [6.45, 7) is 6.45. The molecule has 0 bridgehead atoms. The van der Waals surface area contributed by atoms with E-state index in [9.17, 15) is 0 Å². The van der Waals surface area contributed by atoms with Crippen molar-refractivity contribution in [2.24, 2.45) is 5.92 Å². The molecular weight excluding hydrogens is 200 g/mol. The van der Waals surface area contributed by atoms with E-state index in [-0.39, 0.29) is 12.4 Å². The van der Waals surface area contributed by atoms with Crippen LogP contribution in [0.1, 0.15) is 28.4 Å². The number of aryl methyl sites for hydroxylation is 3. The highest BCUT2D eigenvalue weighted by Crippen LogP contribution is 2.47. The van der Waals surface area contributed by atoms with Gasteiger partial charge in [0.1, 0.15) is 0 Å². The molecule has 1 aromatic rings. The summed E-state index contributed by atoms with van der Waals surface area (Å²) < 4.78 is 11.1. The van der Waals surface area contributed by atoms with Gasteiger partial charge in [-0.3, -0.25) is 0 Å². The van der Waals surface area contributed by atoms with Gasteiger partial charge in [-0.15, -0.1) is 0 Å². The highest BCUT2D eigenvalue weighted by atomic mass is 16.7. The van der Waals surface area contributed by atoms with Crippen molar-refractivity contribution >= 4 is 0 Å². The Morgan fingerprint density at radius 2 is 1.75 bits per heavy atom. The molecule has 0 amide bonds. The zero-order valence-electron chi connectivity index (χ0n) is 9.86. The fraction of sp³-hybridized carbons (Fsp3) is 0.429. The maximum Gasteiger partial charge on any atom is 0.208 e. The van der Waals surface area contributed by atoms with E-state index >= 15 is 0 Å². The summed E-state index contributed by atoms with van der Waals surface area (Å²) in [5.41, 5.74) is 5.29. The molecule has 3 rings (SSSR count). The standard InChI is InChI=1S/C14H16O2/c1-8-6-9(2)12(10(3)7-8)13-11-4-5-15-14(11)16-13/h4-7,11,13-14H,1-3H3. The lowest BCUT2D eigenvalue weighted by atomic mass is 9.85. The van der Waals surface area contributed by atoms with Gasteiger partial charge >= 0.3 is 0 Å². The van der Waals surface area contributed by atoms with E-state index in [1.165, 1.54) is 22.3 Å². The molecule has 2 nitrogen and oxygen atoms in total. The summed E-state index contributed by atoms with van der Waals surface area (Å²) in [6.07, 6.45) is 4.01. The average molecular weight is 216 g/mol. The maximum absolute atomic E-state index is 5.77. The molecule has 0 aromatic heterocycles. The maximum atomic E-state index is 5.77. The van der Waals surface area contributed by atoms with Crippen LogP contribution in [0.25, 0.3) is 0 Å². The van der Waals surface area contributed by atoms with E-state index in [0.29, 0.717) is 5.92 Å². The van der Waals surface area contributed by atoms with Crippen LogP contribution in [0.2, 0.25) is 0 Å². The van der Waals surface area contributed by atoms with Crippen molar-refractivity contribution in [3.63, 3.8) is 0 Å². The average Bonchev–Trinajstić information content (AvgIpc) is 2.52. The molecule has 2 aliphatic heterocycles. The molecule has 2 aliphatic rings. The van der Waals surface area contributed by atoms with Crippen LogP contribution in [0.5, 0.6) is 0 Å². The molecule has 0 N–H and O–H groups in total. The van der Waals surface area contributed by atoms with Gasteiger partial charge < -0.3 is 9.47 Å². The summed E-state index contributed by atoms with van der Waals surface area (Å²) in [4.78, 5) is 0. The minimum Gasteiger partial charge on any atom is -0.472 e. The molecule has 0 aliphatic carbocycles. The Morgan fingerprint density at radius 1 is 1.06 bits per heavy atom.